The first-order chi connectivity index (χ1) is 16.2. The molecular weight excluding hydrogens is 438 g/mol. The van der Waals surface area contributed by atoms with E-state index in [1.54, 1.807) is 31.2 Å². The minimum atomic E-state index is -1.16. The molecule has 1 aliphatic heterocycles. The second-order valence-corrected chi connectivity index (χ2v) is 7.95. The number of rotatable bonds is 9. The number of ether oxygens (including phenoxy) is 2. The van der Waals surface area contributed by atoms with Gasteiger partial charge in [-0.2, -0.15) is 0 Å². The number of piperidine rings is 1. The third-order valence-electron chi connectivity index (χ3n) is 5.50. The largest absolute Gasteiger partial charge is 0.491 e. The SMILES string of the molecule is CC(=N)N1CCC(Oc2ccc(C(=O)NCCOc3cc(C(=N)N)ccc3C(=O)O)cc2)CC1. The normalized spacial score (nSPS) is 13.7. The number of nitrogens with two attached hydrogens (primary N) is 1. The topological polar surface area (TPSA) is 162 Å². The second-order valence-electron chi connectivity index (χ2n) is 7.95. The molecule has 3 rings (SSSR count). The Labute approximate surface area is 197 Å². The number of nitrogens with one attached hydrogen (secondary N) is 3. The maximum Gasteiger partial charge on any atom is 0.339 e. The molecule has 1 aliphatic rings. The molecule has 0 aliphatic carbocycles. The maximum absolute atomic E-state index is 12.4. The van der Waals surface area contributed by atoms with Gasteiger partial charge in [0.15, 0.2) is 0 Å². The molecule has 0 saturated carbocycles. The Kier molecular flexibility index (Phi) is 8.07. The molecule has 0 spiro atoms. The number of nitrogens with zero attached hydrogens (tertiary/aromatic N) is 1. The lowest BCUT2D eigenvalue weighted by Crippen LogP contribution is -2.40. The summed E-state index contributed by atoms with van der Waals surface area (Å²) in [5, 5.41) is 27.2. The smallest absolute Gasteiger partial charge is 0.339 e. The van der Waals surface area contributed by atoms with E-state index in [4.69, 9.17) is 26.0 Å². The summed E-state index contributed by atoms with van der Waals surface area (Å²) in [5.41, 5.74) is 6.21. The first-order valence-corrected chi connectivity index (χ1v) is 10.9. The molecule has 1 heterocycles. The number of likely N-dealkylation sites (tertiary alicyclic amines) is 1. The fraction of sp³-hybridized carbons (Fsp3) is 0.333. The average molecular weight is 468 g/mol. The van der Waals surface area contributed by atoms with Crippen molar-refractivity contribution in [2.75, 3.05) is 26.2 Å². The second kappa shape index (κ2) is 11.2. The zero-order valence-corrected chi connectivity index (χ0v) is 19.0. The van der Waals surface area contributed by atoms with E-state index < -0.39 is 5.97 Å². The molecule has 0 aromatic heterocycles. The summed E-state index contributed by atoms with van der Waals surface area (Å²) in [4.78, 5) is 25.8. The summed E-state index contributed by atoms with van der Waals surface area (Å²) in [6.07, 6.45) is 1.78. The van der Waals surface area contributed by atoms with Gasteiger partial charge in [-0.05, 0) is 43.3 Å². The van der Waals surface area contributed by atoms with Crippen LogP contribution in [0.5, 0.6) is 11.5 Å². The fourth-order valence-electron chi connectivity index (χ4n) is 3.60. The summed E-state index contributed by atoms with van der Waals surface area (Å²) in [6, 6.07) is 11.0. The molecule has 0 bridgehead atoms. The number of amidine groups is 2. The molecule has 0 unspecified atom stereocenters. The molecule has 180 valence electrons. The number of carbonyl (C=O) groups is 2. The van der Waals surface area contributed by atoms with E-state index in [1.165, 1.54) is 18.2 Å². The highest BCUT2D eigenvalue weighted by atomic mass is 16.5. The first-order valence-electron chi connectivity index (χ1n) is 10.9. The summed E-state index contributed by atoms with van der Waals surface area (Å²) in [5.74, 6) is -0.303. The molecule has 1 amide bonds. The van der Waals surface area contributed by atoms with Crippen LogP contribution in [0.2, 0.25) is 0 Å². The van der Waals surface area contributed by atoms with E-state index in [0.29, 0.717) is 22.7 Å². The van der Waals surface area contributed by atoms with E-state index in [0.717, 1.165) is 25.9 Å². The van der Waals surface area contributed by atoms with E-state index >= 15 is 0 Å². The fourth-order valence-corrected chi connectivity index (χ4v) is 3.60. The van der Waals surface area contributed by atoms with Crippen molar-refractivity contribution in [3.63, 3.8) is 0 Å². The lowest BCUT2D eigenvalue weighted by Gasteiger charge is -2.32. The van der Waals surface area contributed by atoms with Crippen LogP contribution in [0.3, 0.4) is 0 Å². The highest BCUT2D eigenvalue weighted by Gasteiger charge is 2.21. The Balaban J connectivity index is 1.47. The van der Waals surface area contributed by atoms with Crippen molar-refractivity contribution >= 4 is 23.5 Å². The van der Waals surface area contributed by atoms with E-state index in [2.05, 4.69) is 5.32 Å². The lowest BCUT2D eigenvalue weighted by molar-refractivity contribution is 0.0691. The Hall–Kier alpha value is -4.08. The van der Waals surface area contributed by atoms with Gasteiger partial charge in [-0.1, -0.05) is 6.07 Å². The minimum Gasteiger partial charge on any atom is -0.491 e. The monoisotopic (exact) mass is 467 g/mol. The molecule has 34 heavy (non-hydrogen) atoms. The molecule has 10 heteroatoms. The zero-order chi connectivity index (χ0) is 24.7. The van der Waals surface area contributed by atoms with Crippen LogP contribution in [0, 0.1) is 10.8 Å². The van der Waals surface area contributed by atoms with Gasteiger partial charge in [0.2, 0.25) is 0 Å². The predicted octanol–water partition coefficient (Wildman–Crippen LogP) is 2.32. The van der Waals surface area contributed by atoms with Crippen LogP contribution < -0.4 is 20.5 Å². The molecule has 1 fully saturated rings. The van der Waals surface area contributed by atoms with Crippen molar-refractivity contribution < 1.29 is 24.2 Å². The third kappa shape index (κ3) is 6.47. The van der Waals surface area contributed by atoms with Crippen molar-refractivity contribution in [3.8, 4) is 11.5 Å². The van der Waals surface area contributed by atoms with Crippen LogP contribution in [0.15, 0.2) is 42.5 Å². The van der Waals surface area contributed by atoms with Gasteiger partial charge in [0.1, 0.15) is 35.6 Å². The van der Waals surface area contributed by atoms with E-state index in [-0.39, 0.29) is 42.3 Å². The van der Waals surface area contributed by atoms with Gasteiger partial charge in [-0.3, -0.25) is 15.6 Å². The Bertz CT molecular complexity index is 1060. The number of nitrogen functional groups attached to an aromatic ring is 1. The van der Waals surface area contributed by atoms with Crippen LogP contribution in [0.25, 0.3) is 0 Å². The maximum atomic E-state index is 12.4. The molecule has 2 aromatic rings. The number of aromatic carboxylic acids is 1. The van der Waals surface area contributed by atoms with Gasteiger partial charge in [-0.15, -0.1) is 0 Å². The summed E-state index contributed by atoms with van der Waals surface area (Å²) in [6.45, 7) is 3.59. The summed E-state index contributed by atoms with van der Waals surface area (Å²) in [7, 11) is 0. The molecule has 2 aromatic carbocycles. The predicted molar refractivity (Wildman–Crippen MR) is 127 cm³/mol. The minimum absolute atomic E-state index is 0.0441. The van der Waals surface area contributed by atoms with Crippen LogP contribution in [0.4, 0.5) is 0 Å². The van der Waals surface area contributed by atoms with Gasteiger partial charge in [0.05, 0.1) is 12.4 Å². The third-order valence-corrected chi connectivity index (χ3v) is 5.50. The van der Waals surface area contributed by atoms with Gasteiger partial charge in [0, 0.05) is 37.1 Å². The van der Waals surface area contributed by atoms with Crippen LogP contribution in [-0.2, 0) is 0 Å². The van der Waals surface area contributed by atoms with Gasteiger partial charge in [-0.25, -0.2) is 4.79 Å². The number of hydrogen-bond donors (Lipinski definition) is 5. The van der Waals surface area contributed by atoms with Crippen molar-refractivity contribution in [2.24, 2.45) is 5.73 Å². The number of carbonyl (C=O) groups excluding carboxylic acids is 1. The molecule has 0 radical (unpaired) electrons. The number of amides is 1. The van der Waals surface area contributed by atoms with Crippen molar-refractivity contribution in [1.82, 2.24) is 10.2 Å². The number of carboxylic acid groups (broad SMARTS) is 1. The summed E-state index contributed by atoms with van der Waals surface area (Å²) < 4.78 is 11.5. The quantitative estimate of drug-likeness (QED) is 0.215. The first kappa shape index (κ1) is 24.6. The number of benzene rings is 2. The Morgan fingerprint density at radius 2 is 1.76 bits per heavy atom. The van der Waals surface area contributed by atoms with E-state index in [1.807, 2.05) is 4.90 Å². The van der Waals surface area contributed by atoms with Crippen molar-refractivity contribution in [2.45, 2.75) is 25.9 Å². The molecule has 10 nitrogen and oxygen atoms in total. The Morgan fingerprint density at radius 1 is 1.12 bits per heavy atom. The zero-order valence-electron chi connectivity index (χ0n) is 19.0. The van der Waals surface area contributed by atoms with Crippen LogP contribution >= 0.6 is 0 Å². The van der Waals surface area contributed by atoms with Crippen LogP contribution in [0.1, 0.15) is 46.0 Å². The molecule has 6 N–H and O–H groups in total. The van der Waals surface area contributed by atoms with Crippen LogP contribution in [-0.4, -0.2) is 65.9 Å². The highest BCUT2D eigenvalue weighted by Crippen LogP contribution is 2.21. The summed E-state index contributed by atoms with van der Waals surface area (Å²) >= 11 is 0. The number of hydrogen-bond acceptors (Lipinski definition) is 6. The van der Waals surface area contributed by atoms with Gasteiger partial charge in [0.25, 0.3) is 5.91 Å². The lowest BCUT2D eigenvalue weighted by atomic mass is 10.1. The molecule has 0 atom stereocenters. The van der Waals surface area contributed by atoms with E-state index in [9.17, 15) is 14.7 Å². The van der Waals surface area contributed by atoms with Gasteiger partial charge < -0.3 is 30.5 Å². The molecule has 1 saturated heterocycles. The van der Waals surface area contributed by atoms with Crippen molar-refractivity contribution in [1.29, 1.82) is 10.8 Å². The average Bonchev–Trinajstić information content (AvgIpc) is 2.82. The standard InChI is InChI=1S/C24H29N5O5/c1-15(25)29-11-8-19(9-12-29)34-18-5-2-16(3-6-18)23(30)28-10-13-33-21-14-17(22(26)27)4-7-20(21)24(31)32/h2-7,14,19,25H,8-13H2,1H3,(H3,26,27)(H,28,30)(H,31,32). The highest BCUT2D eigenvalue weighted by molar-refractivity contribution is 5.98. The number of carboxylic acids is 1. The van der Waals surface area contributed by atoms with Gasteiger partial charge >= 0.3 is 5.97 Å². The Morgan fingerprint density at radius 3 is 2.35 bits per heavy atom. The molecular formula is C24H29N5O5. The van der Waals surface area contributed by atoms with Crippen molar-refractivity contribution in [3.05, 3.63) is 59.2 Å².